The van der Waals surface area contributed by atoms with Crippen LogP contribution in [-0.2, 0) is 0 Å². The lowest BCUT2D eigenvalue weighted by Crippen LogP contribution is -2.46. The van der Waals surface area contributed by atoms with Crippen LogP contribution in [0.5, 0.6) is 0 Å². The number of fused-ring (bicyclic) bond motifs is 1. The summed E-state index contributed by atoms with van der Waals surface area (Å²) in [4.78, 5) is 17.7. The fraction of sp³-hybridized carbons (Fsp3) is 0.318. The van der Waals surface area contributed by atoms with Crippen LogP contribution in [-0.4, -0.2) is 43.5 Å². The van der Waals surface area contributed by atoms with Crippen molar-refractivity contribution in [3.8, 4) is 0 Å². The van der Waals surface area contributed by atoms with E-state index >= 15 is 0 Å². The molecule has 28 heavy (non-hydrogen) atoms. The van der Waals surface area contributed by atoms with Crippen molar-refractivity contribution in [2.24, 2.45) is 0 Å². The van der Waals surface area contributed by atoms with Gasteiger partial charge in [-0.2, -0.15) is 0 Å². The molecule has 0 unspecified atom stereocenters. The average molecular weight is 398 g/mol. The van der Waals surface area contributed by atoms with E-state index in [9.17, 15) is 4.79 Å². The largest absolute Gasteiger partial charge is 0.451 e. The second-order valence-electron chi connectivity index (χ2n) is 7.09. The number of carbonyl (C=O) groups excluding carboxylic acids is 1. The second-order valence-corrected chi connectivity index (χ2v) is 7.53. The van der Waals surface area contributed by atoms with Crippen molar-refractivity contribution in [2.75, 3.05) is 42.9 Å². The number of amides is 1. The Hall–Kier alpha value is -2.50. The number of carbonyl (C=O) groups is 1. The number of furan rings is 1. The molecule has 1 N–H and O–H groups in total. The Balaban J connectivity index is 1.58. The number of rotatable bonds is 4. The first-order valence-electron chi connectivity index (χ1n) is 9.63. The van der Waals surface area contributed by atoms with Gasteiger partial charge < -0.3 is 19.5 Å². The van der Waals surface area contributed by atoms with Gasteiger partial charge in [0.05, 0.1) is 11.4 Å². The van der Waals surface area contributed by atoms with Crippen molar-refractivity contribution in [2.45, 2.75) is 13.8 Å². The molecule has 1 fully saturated rings. The van der Waals surface area contributed by atoms with E-state index in [2.05, 4.69) is 28.1 Å². The summed E-state index contributed by atoms with van der Waals surface area (Å²) < 4.78 is 5.81. The minimum absolute atomic E-state index is 0.246. The van der Waals surface area contributed by atoms with Crippen LogP contribution in [0.1, 0.15) is 23.0 Å². The van der Waals surface area contributed by atoms with Gasteiger partial charge >= 0.3 is 0 Å². The Morgan fingerprint density at radius 1 is 1.14 bits per heavy atom. The van der Waals surface area contributed by atoms with E-state index in [-0.39, 0.29) is 5.91 Å². The number of piperazine rings is 1. The van der Waals surface area contributed by atoms with Crippen molar-refractivity contribution in [1.82, 2.24) is 4.90 Å². The summed E-state index contributed by atoms with van der Waals surface area (Å²) in [6.07, 6.45) is 0. The Morgan fingerprint density at radius 2 is 1.89 bits per heavy atom. The maximum atomic E-state index is 13.0. The van der Waals surface area contributed by atoms with Crippen molar-refractivity contribution in [1.29, 1.82) is 0 Å². The summed E-state index contributed by atoms with van der Waals surface area (Å²) in [6, 6.07) is 13.3. The highest BCUT2D eigenvalue weighted by Gasteiger charge is 2.22. The van der Waals surface area contributed by atoms with Gasteiger partial charge in [0.2, 0.25) is 0 Å². The molecule has 1 aliphatic rings. The maximum Gasteiger partial charge on any atom is 0.291 e. The van der Waals surface area contributed by atoms with Crippen LogP contribution < -0.4 is 10.2 Å². The van der Waals surface area contributed by atoms with Crippen LogP contribution in [0, 0.1) is 6.92 Å². The summed E-state index contributed by atoms with van der Waals surface area (Å²) in [6.45, 7) is 9.09. The predicted octanol–water partition coefficient (Wildman–Crippen LogP) is 4.79. The molecule has 0 aliphatic carbocycles. The average Bonchev–Trinajstić information content (AvgIpc) is 3.05. The number of hydrogen-bond acceptors (Lipinski definition) is 4. The molecule has 1 saturated heterocycles. The molecule has 0 spiro atoms. The zero-order valence-electron chi connectivity index (χ0n) is 16.2. The Bertz CT molecular complexity index is 1010. The van der Waals surface area contributed by atoms with E-state index in [4.69, 9.17) is 16.0 Å². The van der Waals surface area contributed by atoms with Gasteiger partial charge in [0, 0.05) is 42.2 Å². The van der Waals surface area contributed by atoms with E-state index in [1.165, 1.54) is 0 Å². The van der Waals surface area contributed by atoms with Crippen LogP contribution in [0.4, 0.5) is 11.4 Å². The van der Waals surface area contributed by atoms with Crippen LogP contribution in [0.2, 0.25) is 5.02 Å². The van der Waals surface area contributed by atoms with Crippen LogP contribution in [0.25, 0.3) is 11.0 Å². The minimum Gasteiger partial charge on any atom is -0.451 e. The van der Waals surface area contributed by atoms with E-state index in [1.54, 1.807) is 12.1 Å². The smallest absolute Gasteiger partial charge is 0.291 e. The molecule has 1 aromatic heterocycles. The summed E-state index contributed by atoms with van der Waals surface area (Å²) in [5.74, 6) is 0.0762. The number of halogens is 1. The fourth-order valence-corrected chi connectivity index (χ4v) is 3.92. The molecular weight excluding hydrogens is 374 g/mol. The van der Waals surface area contributed by atoms with Gasteiger partial charge in [-0.15, -0.1) is 0 Å². The van der Waals surface area contributed by atoms with Crippen molar-refractivity contribution >= 4 is 39.9 Å². The lowest BCUT2D eigenvalue weighted by Gasteiger charge is -2.36. The van der Waals surface area contributed by atoms with Gasteiger partial charge in [-0.1, -0.05) is 30.7 Å². The molecule has 2 heterocycles. The first-order valence-corrected chi connectivity index (χ1v) is 10.0. The van der Waals surface area contributed by atoms with E-state index in [0.29, 0.717) is 16.4 Å². The third-order valence-electron chi connectivity index (χ3n) is 5.42. The Labute approximate surface area is 169 Å². The lowest BCUT2D eigenvalue weighted by molar-refractivity contribution is 0.0998. The fourth-order valence-electron chi connectivity index (χ4n) is 3.75. The summed E-state index contributed by atoms with van der Waals surface area (Å²) >= 11 is 6.09. The lowest BCUT2D eigenvalue weighted by atomic mass is 10.1. The second kappa shape index (κ2) is 7.86. The molecule has 1 aliphatic heterocycles. The van der Waals surface area contributed by atoms with Gasteiger partial charge in [-0.25, -0.2) is 0 Å². The number of anilines is 2. The number of para-hydroxylation sites is 2. The topological polar surface area (TPSA) is 48.7 Å². The van der Waals surface area contributed by atoms with Crippen LogP contribution in [0.15, 0.2) is 46.9 Å². The highest BCUT2D eigenvalue weighted by Crippen LogP contribution is 2.30. The molecular formula is C22H24ClN3O2. The monoisotopic (exact) mass is 397 g/mol. The van der Waals surface area contributed by atoms with E-state index < -0.39 is 0 Å². The van der Waals surface area contributed by atoms with E-state index in [0.717, 1.165) is 55.0 Å². The van der Waals surface area contributed by atoms with Crippen molar-refractivity contribution in [3.63, 3.8) is 0 Å². The Kier molecular flexibility index (Phi) is 5.29. The molecule has 0 radical (unpaired) electrons. The molecule has 3 aromatic rings. The Morgan fingerprint density at radius 3 is 2.64 bits per heavy atom. The predicted molar refractivity (Wildman–Crippen MR) is 115 cm³/mol. The third kappa shape index (κ3) is 3.60. The van der Waals surface area contributed by atoms with Crippen molar-refractivity contribution < 1.29 is 9.21 Å². The van der Waals surface area contributed by atoms with Gasteiger partial charge in [0.15, 0.2) is 5.76 Å². The van der Waals surface area contributed by atoms with Gasteiger partial charge in [0.1, 0.15) is 5.58 Å². The number of likely N-dealkylation sites (N-methyl/N-ethyl adjacent to an activating group) is 1. The molecule has 0 saturated carbocycles. The standard InChI is InChI=1S/C22H24ClN3O2/c1-3-25-10-12-26(13-11-25)19-7-5-4-6-18(19)24-22(27)21-15(2)17-14-16(23)8-9-20(17)28-21/h4-9,14H,3,10-13H2,1-2H3,(H,24,27). The number of nitrogens with one attached hydrogen (secondary N) is 1. The first-order chi connectivity index (χ1) is 13.6. The molecule has 1 amide bonds. The first kappa shape index (κ1) is 18.8. The van der Waals surface area contributed by atoms with Gasteiger partial charge in [0.25, 0.3) is 5.91 Å². The summed E-state index contributed by atoms with van der Waals surface area (Å²) in [7, 11) is 0. The molecule has 0 atom stereocenters. The number of aryl methyl sites for hydroxylation is 1. The minimum atomic E-state index is -0.246. The molecule has 4 rings (SSSR count). The molecule has 0 bridgehead atoms. The summed E-state index contributed by atoms with van der Waals surface area (Å²) in [5.41, 5.74) is 3.30. The zero-order valence-corrected chi connectivity index (χ0v) is 16.9. The van der Waals surface area contributed by atoms with Crippen LogP contribution in [0.3, 0.4) is 0 Å². The highest BCUT2D eigenvalue weighted by molar-refractivity contribution is 6.31. The normalized spacial score (nSPS) is 15.2. The number of hydrogen-bond donors (Lipinski definition) is 1. The molecule has 146 valence electrons. The molecule has 5 nitrogen and oxygen atoms in total. The zero-order chi connectivity index (χ0) is 19.7. The third-order valence-corrected chi connectivity index (χ3v) is 5.65. The maximum absolute atomic E-state index is 13.0. The molecule has 6 heteroatoms. The molecule has 2 aromatic carbocycles. The highest BCUT2D eigenvalue weighted by atomic mass is 35.5. The van der Waals surface area contributed by atoms with Crippen molar-refractivity contribution in [3.05, 3.63) is 58.8 Å². The van der Waals surface area contributed by atoms with Gasteiger partial charge in [-0.3, -0.25) is 4.79 Å². The number of nitrogens with zero attached hydrogens (tertiary/aromatic N) is 2. The quantitative estimate of drug-likeness (QED) is 0.687. The van der Waals surface area contributed by atoms with Gasteiger partial charge in [-0.05, 0) is 43.8 Å². The van der Waals surface area contributed by atoms with Crippen LogP contribution >= 0.6 is 11.6 Å². The SMILES string of the molecule is CCN1CCN(c2ccccc2NC(=O)c2oc3ccc(Cl)cc3c2C)CC1. The number of benzene rings is 2. The van der Waals surface area contributed by atoms with E-state index in [1.807, 2.05) is 31.2 Å². The summed E-state index contributed by atoms with van der Waals surface area (Å²) in [5, 5.41) is 4.53.